The highest BCUT2D eigenvalue weighted by atomic mass is 127. The number of rotatable bonds is 10. The van der Waals surface area contributed by atoms with Crippen LogP contribution in [0.25, 0.3) is 0 Å². The van der Waals surface area contributed by atoms with Crippen molar-refractivity contribution >= 4 is 36.0 Å². The van der Waals surface area contributed by atoms with E-state index in [4.69, 9.17) is 10.5 Å². The van der Waals surface area contributed by atoms with Crippen LogP contribution in [-0.2, 0) is 4.74 Å². The molecule has 8 heteroatoms. The molecule has 0 radical (unpaired) electrons. The van der Waals surface area contributed by atoms with Crippen molar-refractivity contribution in [2.75, 3.05) is 39.3 Å². The fourth-order valence-corrected chi connectivity index (χ4v) is 3.29. The molecule has 0 bridgehead atoms. The Morgan fingerprint density at radius 3 is 2.36 bits per heavy atom. The first-order valence-corrected chi connectivity index (χ1v) is 9.86. The molecule has 1 saturated heterocycles. The second-order valence-corrected chi connectivity index (χ2v) is 7.17. The molecule has 0 aliphatic carbocycles. The van der Waals surface area contributed by atoms with Crippen LogP contribution in [0.2, 0.25) is 0 Å². The van der Waals surface area contributed by atoms with E-state index in [1.807, 2.05) is 19.1 Å². The van der Waals surface area contributed by atoms with Gasteiger partial charge in [-0.1, -0.05) is 26.0 Å². The van der Waals surface area contributed by atoms with Gasteiger partial charge < -0.3 is 20.7 Å². The molecular formula is C20H38IN5O2. The zero-order valence-electron chi connectivity index (χ0n) is 17.6. The molecule has 7 nitrogen and oxygen atoms in total. The zero-order chi connectivity index (χ0) is 20.2. The number of halogens is 1. The van der Waals surface area contributed by atoms with Crippen molar-refractivity contribution in [3.8, 4) is 0 Å². The Kier molecular flexibility index (Phi) is 14.0. The fraction of sp³-hybridized carbons (Fsp3) is 0.700. The highest BCUT2D eigenvalue weighted by molar-refractivity contribution is 14.0. The summed E-state index contributed by atoms with van der Waals surface area (Å²) in [6, 6.07) is 0.501. The molecule has 1 fully saturated rings. The summed E-state index contributed by atoms with van der Waals surface area (Å²) in [7, 11) is 0. The zero-order valence-corrected chi connectivity index (χ0v) is 19.9. The molecule has 1 aliphatic heterocycles. The van der Waals surface area contributed by atoms with E-state index >= 15 is 0 Å². The first kappa shape index (κ1) is 26.7. The van der Waals surface area contributed by atoms with Crippen LogP contribution in [0.3, 0.4) is 0 Å². The van der Waals surface area contributed by atoms with E-state index in [9.17, 15) is 4.79 Å². The smallest absolute Gasteiger partial charge is 0.409 e. The van der Waals surface area contributed by atoms with Crippen molar-refractivity contribution in [1.29, 1.82) is 0 Å². The van der Waals surface area contributed by atoms with Crippen molar-refractivity contribution in [3.63, 3.8) is 0 Å². The van der Waals surface area contributed by atoms with Gasteiger partial charge in [-0.2, -0.15) is 0 Å². The number of ether oxygens (including phenoxy) is 1. The number of guanidine groups is 1. The molecule has 1 unspecified atom stereocenters. The topological polar surface area (TPSA) is 83.2 Å². The molecule has 1 atom stereocenters. The first-order chi connectivity index (χ1) is 12.9. The minimum atomic E-state index is -0.234. The lowest BCUT2D eigenvalue weighted by Gasteiger charge is -2.33. The van der Waals surface area contributed by atoms with Gasteiger partial charge in [0.2, 0.25) is 0 Å². The van der Waals surface area contributed by atoms with Gasteiger partial charge in [0.25, 0.3) is 0 Å². The summed E-state index contributed by atoms with van der Waals surface area (Å²) in [5.74, 6) is 0.904. The molecule has 0 aromatic rings. The summed E-state index contributed by atoms with van der Waals surface area (Å²) in [6.45, 7) is 17.8. The van der Waals surface area contributed by atoms with E-state index in [0.29, 0.717) is 38.1 Å². The van der Waals surface area contributed by atoms with E-state index in [2.05, 4.69) is 42.2 Å². The molecular weight excluding hydrogens is 469 g/mol. The predicted octanol–water partition coefficient (Wildman–Crippen LogP) is 2.83. The average Bonchev–Trinajstić information content (AvgIpc) is 2.62. The molecule has 1 aliphatic rings. The summed E-state index contributed by atoms with van der Waals surface area (Å²) in [4.78, 5) is 20.4. The lowest BCUT2D eigenvalue weighted by atomic mass is 10.0. The molecule has 28 heavy (non-hydrogen) atoms. The number of likely N-dealkylation sites (tertiary alicyclic amines) is 1. The predicted molar refractivity (Wildman–Crippen MR) is 127 cm³/mol. The number of nitrogens with two attached hydrogens (primary N) is 1. The quantitative estimate of drug-likeness (QED) is 0.206. The average molecular weight is 507 g/mol. The van der Waals surface area contributed by atoms with Gasteiger partial charge >= 0.3 is 6.09 Å². The number of amides is 1. The van der Waals surface area contributed by atoms with Crippen LogP contribution < -0.4 is 11.1 Å². The fourth-order valence-electron chi connectivity index (χ4n) is 3.29. The maximum atomic E-state index is 11.8. The second-order valence-electron chi connectivity index (χ2n) is 7.17. The summed E-state index contributed by atoms with van der Waals surface area (Å²) in [5.41, 5.74) is 6.12. The lowest BCUT2D eigenvalue weighted by molar-refractivity contribution is 0.0963. The van der Waals surface area contributed by atoms with Crippen molar-refractivity contribution in [2.45, 2.75) is 45.7 Å². The maximum absolute atomic E-state index is 11.8. The summed E-state index contributed by atoms with van der Waals surface area (Å²) < 4.78 is 5.05. The molecule has 0 aromatic heterocycles. The number of hydrogen-bond acceptors (Lipinski definition) is 4. The third-order valence-corrected chi connectivity index (χ3v) is 4.79. The van der Waals surface area contributed by atoms with Crippen molar-refractivity contribution in [2.24, 2.45) is 16.6 Å². The standard InChI is InChI=1S/C20H37N5O2.HI/c1-6-11-24(12-7-2)18(16(4)5)15-22-19(21)23-17-9-13-25(14-10-17)20(26)27-8-3;/h6-7,16-18H,1-2,8-15H2,3-5H3,(H3,21,22,23);1H. The van der Waals surface area contributed by atoms with E-state index < -0.39 is 0 Å². The number of carbonyl (C=O) groups excluding carboxylic acids is 1. The number of hydrogen-bond donors (Lipinski definition) is 2. The van der Waals surface area contributed by atoms with Crippen LogP contribution >= 0.6 is 24.0 Å². The summed E-state index contributed by atoms with van der Waals surface area (Å²) in [5, 5.41) is 3.30. The molecule has 0 saturated carbocycles. The first-order valence-electron chi connectivity index (χ1n) is 9.86. The van der Waals surface area contributed by atoms with Crippen molar-refractivity contribution in [1.82, 2.24) is 15.1 Å². The minimum absolute atomic E-state index is 0. The monoisotopic (exact) mass is 507 g/mol. The molecule has 1 heterocycles. The van der Waals surface area contributed by atoms with Crippen molar-refractivity contribution < 1.29 is 9.53 Å². The number of aliphatic imine (C=N–C) groups is 1. The summed E-state index contributed by atoms with van der Waals surface area (Å²) in [6.07, 6.45) is 5.24. The lowest BCUT2D eigenvalue weighted by Crippen LogP contribution is -2.49. The molecule has 0 spiro atoms. The van der Waals surface area contributed by atoms with Gasteiger partial charge in [-0.05, 0) is 25.7 Å². The maximum Gasteiger partial charge on any atom is 0.409 e. The third kappa shape index (κ3) is 9.27. The SMILES string of the molecule is C=CCN(CC=C)C(CN=C(N)NC1CCN(C(=O)OCC)CC1)C(C)C.I. The van der Waals surface area contributed by atoms with Gasteiger partial charge in [-0.15, -0.1) is 37.1 Å². The van der Waals surface area contributed by atoms with E-state index in [1.165, 1.54) is 0 Å². The largest absolute Gasteiger partial charge is 0.450 e. The Morgan fingerprint density at radius 2 is 1.89 bits per heavy atom. The van der Waals surface area contributed by atoms with Gasteiger partial charge in [0.05, 0.1) is 13.2 Å². The second kappa shape index (κ2) is 14.7. The number of nitrogens with one attached hydrogen (secondary N) is 1. The van der Waals surface area contributed by atoms with Gasteiger partial charge in [0.15, 0.2) is 5.96 Å². The minimum Gasteiger partial charge on any atom is -0.450 e. The van der Waals surface area contributed by atoms with Crippen LogP contribution in [0, 0.1) is 5.92 Å². The molecule has 1 amide bonds. The Labute approximate surface area is 187 Å². The summed E-state index contributed by atoms with van der Waals surface area (Å²) >= 11 is 0. The Bertz CT molecular complexity index is 495. The van der Waals surface area contributed by atoms with Crippen LogP contribution in [0.15, 0.2) is 30.3 Å². The van der Waals surface area contributed by atoms with Crippen LogP contribution in [-0.4, -0.2) is 73.3 Å². The van der Waals surface area contributed by atoms with Gasteiger partial charge in [0.1, 0.15) is 0 Å². The Hall–Kier alpha value is -1.29. The van der Waals surface area contributed by atoms with Crippen LogP contribution in [0.1, 0.15) is 33.6 Å². The Morgan fingerprint density at radius 1 is 1.32 bits per heavy atom. The van der Waals surface area contributed by atoms with E-state index in [1.54, 1.807) is 4.90 Å². The number of nitrogens with zero attached hydrogens (tertiary/aromatic N) is 3. The highest BCUT2D eigenvalue weighted by Crippen LogP contribution is 2.13. The van der Waals surface area contributed by atoms with Crippen LogP contribution in [0.5, 0.6) is 0 Å². The molecule has 162 valence electrons. The molecule has 1 rings (SSSR count). The van der Waals surface area contributed by atoms with Crippen molar-refractivity contribution in [3.05, 3.63) is 25.3 Å². The van der Waals surface area contributed by atoms with Crippen LogP contribution in [0.4, 0.5) is 4.79 Å². The van der Waals surface area contributed by atoms with Gasteiger partial charge in [-0.3, -0.25) is 9.89 Å². The number of carbonyl (C=O) groups is 1. The van der Waals surface area contributed by atoms with Gasteiger partial charge in [-0.25, -0.2) is 4.79 Å². The molecule has 3 N–H and O–H groups in total. The van der Waals surface area contributed by atoms with E-state index in [0.717, 1.165) is 25.9 Å². The molecule has 0 aromatic carbocycles. The highest BCUT2D eigenvalue weighted by Gasteiger charge is 2.24. The Balaban J connectivity index is 0.00000729. The normalized spacial score (nSPS) is 16.5. The van der Waals surface area contributed by atoms with Gasteiger partial charge in [0, 0.05) is 38.3 Å². The number of piperidine rings is 1. The van der Waals surface area contributed by atoms with E-state index in [-0.39, 0.29) is 42.2 Å². The third-order valence-electron chi connectivity index (χ3n) is 4.79.